The number of carbonyl (C=O) groups is 1. The molecule has 2 N–H and O–H groups in total. The van der Waals surface area contributed by atoms with Crippen molar-refractivity contribution in [3.05, 3.63) is 0 Å². The maximum absolute atomic E-state index is 11.8. The number of rotatable bonds is 9. The van der Waals surface area contributed by atoms with Crippen molar-refractivity contribution in [2.75, 3.05) is 39.5 Å². The molecule has 0 heterocycles. The first-order valence-electron chi connectivity index (χ1n) is 6.85. The molecule has 7 heteroatoms. The SMILES string of the molecule is CCC(C)(C)C(=O)OCC[N+](C)(C)CCCS([O-])(O)O. The Bertz CT molecular complexity index is 312. The molecule has 0 aromatic rings. The highest BCUT2D eigenvalue weighted by Crippen LogP contribution is 2.32. The first-order chi connectivity index (χ1) is 8.90. The fraction of sp³-hybridized carbons (Fsp3) is 0.923. The summed E-state index contributed by atoms with van der Waals surface area (Å²) < 4.78 is 34.2. The van der Waals surface area contributed by atoms with Gasteiger partial charge < -0.3 is 22.9 Å². The van der Waals surface area contributed by atoms with E-state index in [-0.39, 0.29) is 11.7 Å². The van der Waals surface area contributed by atoms with Gasteiger partial charge in [0.05, 0.1) is 26.1 Å². The second-order valence-electron chi connectivity index (χ2n) is 6.42. The molecule has 20 heavy (non-hydrogen) atoms. The third-order valence-electron chi connectivity index (χ3n) is 3.54. The summed E-state index contributed by atoms with van der Waals surface area (Å²) in [5, 5.41) is 0. The highest BCUT2D eigenvalue weighted by Gasteiger charge is 2.27. The van der Waals surface area contributed by atoms with Crippen LogP contribution >= 0.6 is 10.9 Å². The van der Waals surface area contributed by atoms with E-state index in [1.807, 2.05) is 34.9 Å². The Hall–Kier alpha value is -0.340. The molecular weight excluding hydrogens is 282 g/mol. The van der Waals surface area contributed by atoms with Gasteiger partial charge in [-0.2, -0.15) is 0 Å². The van der Waals surface area contributed by atoms with Crippen molar-refractivity contribution in [3.8, 4) is 0 Å². The summed E-state index contributed by atoms with van der Waals surface area (Å²) in [4.78, 5) is 11.8. The van der Waals surface area contributed by atoms with E-state index in [4.69, 9.17) is 13.8 Å². The summed E-state index contributed by atoms with van der Waals surface area (Å²) in [7, 11) is 0.259. The Morgan fingerprint density at radius 1 is 1.30 bits per heavy atom. The number of likely N-dealkylation sites (N-methyl/N-ethyl adjacent to an activating group) is 1. The summed E-state index contributed by atoms with van der Waals surface area (Å²) >= 11 is 0. The lowest BCUT2D eigenvalue weighted by Crippen LogP contribution is -2.44. The lowest BCUT2D eigenvalue weighted by molar-refractivity contribution is -0.890. The average Bonchev–Trinajstić information content (AvgIpc) is 2.26. The van der Waals surface area contributed by atoms with Crippen LogP contribution < -0.4 is 0 Å². The van der Waals surface area contributed by atoms with Crippen LogP contribution in [0.3, 0.4) is 0 Å². The van der Waals surface area contributed by atoms with Crippen molar-refractivity contribution in [1.29, 1.82) is 0 Å². The Morgan fingerprint density at radius 2 is 1.85 bits per heavy atom. The van der Waals surface area contributed by atoms with E-state index in [1.165, 1.54) is 0 Å². The first-order valence-corrected chi connectivity index (χ1v) is 8.50. The van der Waals surface area contributed by atoms with E-state index in [0.717, 1.165) is 6.42 Å². The van der Waals surface area contributed by atoms with E-state index in [1.54, 1.807) is 0 Å². The van der Waals surface area contributed by atoms with Crippen molar-refractivity contribution >= 4 is 16.8 Å². The van der Waals surface area contributed by atoms with Crippen LogP contribution in [0.2, 0.25) is 0 Å². The van der Waals surface area contributed by atoms with Crippen LogP contribution in [0.4, 0.5) is 0 Å². The molecule has 0 bridgehead atoms. The van der Waals surface area contributed by atoms with Crippen molar-refractivity contribution in [3.63, 3.8) is 0 Å². The van der Waals surface area contributed by atoms with Crippen molar-refractivity contribution in [1.82, 2.24) is 0 Å². The molecule has 0 atom stereocenters. The number of quaternary nitrogens is 1. The number of esters is 1. The van der Waals surface area contributed by atoms with Gasteiger partial charge in [0.15, 0.2) is 0 Å². The average molecular weight is 311 g/mol. The zero-order valence-electron chi connectivity index (χ0n) is 13.2. The van der Waals surface area contributed by atoms with Gasteiger partial charge in [-0.1, -0.05) is 6.92 Å². The molecule has 6 nitrogen and oxygen atoms in total. The summed E-state index contributed by atoms with van der Waals surface area (Å²) in [5.41, 5.74) is -0.462. The fourth-order valence-corrected chi connectivity index (χ4v) is 2.02. The van der Waals surface area contributed by atoms with Crippen LogP contribution in [0, 0.1) is 5.41 Å². The molecule has 0 saturated carbocycles. The predicted octanol–water partition coefficient (Wildman–Crippen LogP) is 2.31. The van der Waals surface area contributed by atoms with Gasteiger partial charge in [0.1, 0.15) is 13.2 Å². The van der Waals surface area contributed by atoms with E-state index in [9.17, 15) is 9.35 Å². The Kier molecular flexibility index (Phi) is 7.48. The molecule has 0 aliphatic carbocycles. The zero-order valence-corrected chi connectivity index (χ0v) is 14.0. The van der Waals surface area contributed by atoms with E-state index in [2.05, 4.69) is 0 Å². The van der Waals surface area contributed by atoms with Crippen molar-refractivity contribution in [2.24, 2.45) is 5.41 Å². The molecule has 0 aliphatic rings. The lowest BCUT2D eigenvalue weighted by atomic mass is 9.91. The molecule has 0 aliphatic heterocycles. The number of hydrogen-bond donors (Lipinski definition) is 2. The first kappa shape index (κ1) is 19.7. The number of nitrogens with zero attached hydrogens (tertiary/aromatic N) is 1. The molecule has 0 saturated heterocycles. The molecule has 0 fully saturated rings. The monoisotopic (exact) mass is 311 g/mol. The minimum absolute atomic E-state index is 0.128. The largest absolute Gasteiger partial charge is 0.773 e. The Labute approximate surface area is 123 Å². The highest BCUT2D eigenvalue weighted by atomic mass is 32.3. The smallest absolute Gasteiger partial charge is 0.311 e. The molecule has 0 aromatic carbocycles. The van der Waals surface area contributed by atoms with E-state index < -0.39 is 16.3 Å². The molecule has 0 unspecified atom stereocenters. The number of ether oxygens (including phenoxy) is 1. The van der Waals surface area contributed by atoms with E-state index >= 15 is 0 Å². The van der Waals surface area contributed by atoms with Gasteiger partial charge in [-0.3, -0.25) is 4.79 Å². The highest BCUT2D eigenvalue weighted by molar-refractivity contribution is 8.19. The molecule has 0 rings (SSSR count). The van der Waals surface area contributed by atoms with Crippen LogP contribution in [0.15, 0.2) is 0 Å². The maximum Gasteiger partial charge on any atom is 0.311 e. The van der Waals surface area contributed by atoms with Crippen molar-refractivity contribution < 1.29 is 27.7 Å². The topological polar surface area (TPSA) is 89.8 Å². The molecule has 122 valence electrons. The quantitative estimate of drug-likeness (QED) is 0.504. The maximum atomic E-state index is 11.8. The van der Waals surface area contributed by atoms with Gasteiger partial charge in [-0.05, 0) is 20.3 Å². The minimum Gasteiger partial charge on any atom is -0.773 e. The van der Waals surface area contributed by atoms with Gasteiger partial charge in [-0.15, -0.1) is 10.9 Å². The lowest BCUT2D eigenvalue weighted by Gasteiger charge is -2.35. The standard InChI is InChI=1S/C13H29NO5S/c1-6-13(2,3)12(15)19-10-9-14(4,5)8-7-11-20(16,17)18/h6-11H2,1-5H3,(H2-,16,17,18). The molecular formula is C13H29NO5S. The predicted molar refractivity (Wildman–Crippen MR) is 80.0 cm³/mol. The third kappa shape index (κ3) is 8.76. The Balaban J connectivity index is 4.02. The molecule has 0 aromatic heterocycles. The summed E-state index contributed by atoms with van der Waals surface area (Å²) in [6, 6.07) is 0. The van der Waals surface area contributed by atoms with Gasteiger partial charge in [0, 0.05) is 12.2 Å². The minimum atomic E-state index is -3.65. The van der Waals surface area contributed by atoms with Gasteiger partial charge in [0.25, 0.3) is 0 Å². The fourth-order valence-electron chi connectivity index (χ4n) is 1.52. The van der Waals surface area contributed by atoms with E-state index in [0.29, 0.717) is 30.6 Å². The summed E-state index contributed by atoms with van der Waals surface area (Å²) in [5.74, 6) is -0.328. The van der Waals surface area contributed by atoms with Crippen LogP contribution in [0.1, 0.15) is 33.6 Å². The molecule has 0 amide bonds. The second-order valence-corrected chi connectivity index (χ2v) is 8.04. The number of carbonyl (C=O) groups excluding carboxylic acids is 1. The second kappa shape index (κ2) is 7.61. The van der Waals surface area contributed by atoms with Crippen LogP contribution in [-0.4, -0.2) is 63.7 Å². The van der Waals surface area contributed by atoms with Crippen LogP contribution in [-0.2, 0) is 9.53 Å². The van der Waals surface area contributed by atoms with Gasteiger partial charge >= 0.3 is 5.97 Å². The zero-order chi connectivity index (χ0) is 16.0. The molecule has 0 radical (unpaired) electrons. The summed E-state index contributed by atoms with van der Waals surface area (Å²) in [6.45, 7) is 7.24. The summed E-state index contributed by atoms with van der Waals surface area (Å²) in [6.07, 6.45) is 1.17. The van der Waals surface area contributed by atoms with Crippen LogP contribution in [0.5, 0.6) is 0 Å². The number of hydrogen-bond acceptors (Lipinski definition) is 5. The van der Waals surface area contributed by atoms with Gasteiger partial charge in [-0.25, -0.2) is 0 Å². The van der Waals surface area contributed by atoms with Gasteiger partial charge in [0.2, 0.25) is 0 Å². The normalized spacial score (nSPS) is 14.2. The van der Waals surface area contributed by atoms with Crippen LogP contribution in [0.25, 0.3) is 0 Å². The third-order valence-corrected chi connectivity index (χ3v) is 4.36. The van der Waals surface area contributed by atoms with Crippen molar-refractivity contribution in [2.45, 2.75) is 33.6 Å². The Morgan fingerprint density at radius 3 is 2.30 bits per heavy atom. The molecule has 0 spiro atoms.